The van der Waals surface area contributed by atoms with Gasteiger partial charge in [0.1, 0.15) is 5.75 Å². The van der Waals surface area contributed by atoms with Gasteiger partial charge < -0.3 is 10.1 Å². The molecule has 0 unspecified atom stereocenters. The Morgan fingerprint density at radius 3 is 2.58 bits per heavy atom. The van der Waals surface area contributed by atoms with Crippen LogP contribution in [0.2, 0.25) is 0 Å². The number of nitro groups is 1. The largest absolute Gasteiger partial charge is 0.496 e. The molecule has 7 heteroatoms. The average molecular weight is 374 g/mol. The number of nitrogens with zero attached hydrogens (tertiary/aromatic N) is 1. The highest BCUT2D eigenvalue weighted by molar-refractivity contribution is 8.00. The van der Waals surface area contributed by atoms with E-state index in [1.165, 1.54) is 23.9 Å². The van der Waals surface area contributed by atoms with E-state index in [0.717, 1.165) is 21.8 Å². The third-order valence-electron chi connectivity index (χ3n) is 3.86. The van der Waals surface area contributed by atoms with Crippen LogP contribution in [0.4, 0.5) is 5.69 Å². The van der Waals surface area contributed by atoms with Crippen LogP contribution in [0.3, 0.4) is 0 Å². The fraction of sp³-hybridized carbons (Fsp3) is 0.316. The van der Waals surface area contributed by atoms with E-state index in [9.17, 15) is 14.9 Å². The van der Waals surface area contributed by atoms with Crippen LogP contribution >= 0.6 is 11.8 Å². The Morgan fingerprint density at radius 2 is 1.96 bits per heavy atom. The van der Waals surface area contributed by atoms with Gasteiger partial charge in [-0.15, -0.1) is 11.8 Å². The summed E-state index contributed by atoms with van der Waals surface area (Å²) in [6.45, 7) is 4.35. The fourth-order valence-corrected chi connectivity index (χ4v) is 3.36. The van der Waals surface area contributed by atoms with Gasteiger partial charge in [-0.3, -0.25) is 14.9 Å². The number of carbonyl (C=O) groups excluding carboxylic acids is 1. The first-order chi connectivity index (χ1) is 12.4. The zero-order valence-electron chi connectivity index (χ0n) is 15.0. The van der Waals surface area contributed by atoms with Crippen molar-refractivity contribution in [3.05, 3.63) is 63.7 Å². The van der Waals surface area contributed by atoms with Gasteiger partial charge in [0.15, 0.2) is 0 Å². The normalized spacial score (nSPS) is 11.7. The molecule has 0 aromatic heterocycles. The topological polar surface area (TPSA) is 81.5 Å². The molecule has 138 valence electrons. The van der Waals surface area contributed by atoms with E-state index >= 15 is 0 Å². The van der Waals surface area contributed by atoms with Crippen molar-refractivity contribution in [2.45, 2.75) is 30.4 Å². The van der Waals surface area contributed by atoms with Crippen molar-refractivity contribution in [2.24, 2.45) is 0 Å². The van der Waals surface area contributed by atoms with Gasteiger partial charge in [-0.1, -0.05) is 17.7 Å². The van der Waals surface area contributed by atoms with Crippen LogP contribution in [0, 0.1) is 17.0 Å². The molecule has 6 nitrogen and oxygen atoms in total. The minimum atomic E-state index is -0.440. The zero-order chi connectivity index (χ0) is 19.1. The van der Waals surface area contributed by atoms with Crippen molar-refractivity contribution in [3.63, 3.8) is 0 Å². The van der Waals surface area contributed by atoms with E-state index in [4.69, 9.17) is 4.74 Å². The third kappa shape index (κ3) is 5.49. The first-order valence-corrected chi connectivity index (χ1v) is 9.11. The van der Waals surface area contributed by atoms with Crippen LogP contribution in [0.5, 0.6) is 5.75 Å². The highest BCUT2D eigenvalue weighted by Gasteiger charge is 2.15. The molecule has 0 saturated carbocycles. The Hall–Kier alpha value is -2.54. The van der Waals surface area contributed by atoms with Crippen molar-refractivity contribution < 1.29 is 14.5 Å². The number of methoxy groups -OCH3 is 1. The second-order valence-electron chi connectivity index (χ2n) is 5.87. The van der Waals surface area contributed by atoms with Gasteiger partial charge in [0, 0.05) is 23.6 Å². The predicted octanol–water partition coefficient (Wildman–Crippen LogP) is 3.75. The molecule has 0 fully saturated rings. The number of aryl methyl sites for hydroxylation is 1. The maximum absolute atomic E-state index is 12.3. The van der Waals surface area contributed by atoms with Crippen molar-refractivity contribution in [1.82, 2.24) is 5.32 Å². The molecule has 0 aliphatic heterocycles. The molecule has 1 N–H and O–H groups in total. The summed E-state index contributed by atoms with van der Waals surface area (Å²) in [4.78, 5) is 23.3. The number of ether oxygens (including phenoxy) is 1. The number of rotatable bonds is 8. The van der Waals surface area contributed by atoms with Crippen LogP contribution in [-0.2, 0) is 11.2 Å². The summed E-state index contributed by atoms with van der Waals surface area (Å²) >= 11 is 1.37. The van der Waals surface area contributed by atoms with Crippen LogP contribution in [0.1, 0.15) is 18.1 Å². The molecule has 0 spiro atoms. The van der Waals surface area contributed by atoms with Gasteiger partial charge >= 0.3 is 0 Å². The highest BCUT2D eigenvalue weighted by Crippen LogP contribution is 2.25. The van der Waals surface area contributed by atoms with Gasteiger partial charge in [-0.2, -0.15) is 0 Å². The van der Waals surface area contributed by atoms with E-state index in [0.29, 0.717) is 13.0 Å². The molecule has 1 atom stereocenters. The molecule has 0 heterocycles. The second-order valence-corrected chi connectivity index (χ2v) is 7.28. The van der Waals surface area contributed by atoms with Gasteiger partial charge in [0.05, 0.1) is 17.3 Å². The number of amides is 1. The molecular weight excluding hydrogens is 352 g/mol. The lowest BCUT2D eigenvalue weighted by Gasteiger charge is -2.13. The number of nitro benzene ring substituents is 1. The second kappa shape index (κ2) is 9.24. The van der Waals surface area contributed by atoms with E-state index in [2.05, 4.69) is 11.4 Å². The standard InChI is InChI=1S/C19H22N2O4S/c1-13-4-9-18(25-3)15(12-13)10-11-20-19(22)14(2)26-17-7-5-16(6-8-17)21(23)24/h4-9,12,14H,10-11H2,1-3H3,(H,20,22)/t14-/m1/s1. The minimum Gasteiger partial charge on any atom is -0.496 e. The molecule has 0 aliphatic rings. The van der Waals surface area contributed by atoms with E-state index < -0.39 is 4.92 Å². The van der Waals surface area contributed by atoms with Crippen molar-refractivity contribution in [1.29, 1.82) is 0 Å². The molecular formula is C19H22N2O4S. The molecule has 26 heavy (non-hydrogen) atoms. The number of benzene rings is 2. The van der Waals surface area contributed by atoms with E-state index in [1.807, 2.05) is 26.0 Å². The summed E-state index contributed by atoms with van der Waals surface area (Å²) in [5.74, 6) is 0.748. The van der Waals surface area contributed by atoms with Crippen LogP contribution in [-0.4, -0.2) is 29.7 Å². The maximum atomic E-state index is 12.3. The first kappa shape index (κ1) is 19.8. The molecule has 1 amide bonds. The Kier molecular flexibility index (Phi) is 7.03. The number of hydrogen-bond acceptors (Lipinski definition) is 5. The fourth-order valence-electron chi connectivity index (χ4n) is 2.47. The molecule has 2 aromatic rings. The summed E-state index contributed by atoms with van der Waals surface area (Å²) < 4.78 is 5.35. The SMILES string of the molecule is COc1ccc(C)cc1CCNC(=O)[C@@H](C)Sc1ccc([N+](=O)[O-])cc1. The maximum Gasteiger partial charge on any atom is 0.269 e. The smallest absolute Gasteiger partial charge is 0.269 e. The van der Waals surface area contributed by atoms with Crippen molar-refractivity contribution in [2.75, 3.05) is 13.7 Å². The Balaban J connectivity index is 1.85. The summed E-state index contributed by atoms with van der Waals surface area (Å²) in [6.07, 6.45) is 0.686. The van der Waals surface area contributed by atoms with Gasteiger partial charge in [-0.25, -0.2) is 0 Å². The van der Waals surface area contributed by atoms with Crippen LogP contribution in [0.25, 0.3) is 0 Å². The Morgan fingerprint density at radius 1 is 1.27 bits per heavy atom. The van der Waals surface area contributed by atoms with Gasteiger partial charge in [0.2, 0.25) is 5.91 Å². The lowest BCUT2D eigenvalue weighted by atomic mass is 10.1. The van der Waals surface area contributed by atoms with Gasteiger partial charge in [-0.05, 0) is 44.0 Å². The molecule has 0 radical (unpaired) electrons. The number of carbonyl (C=O) groups is 1. The van der Waals surface area contributed by atoms with Gasteiger partial charge in [0.25, 0.3) is 5.69 Å². The van der Waals surface area contributed by atoms with E-state index in [-0.39, 0.29) is 16.8 Å². The quantitative estimate of drug-likeness (QED) is 0.432. The third-order valence-corrected chi connectivity index (χ3v) is 4.97. The number of hydrogen-bond donors (Lipinski definition) is 1. The Bertz CT molecular complexity index is 778. The van der Waals surface area contributed by atoms with Crippen molar-refractivity contribution in [3.8, 4) is 5.75 Å². The Labute approximate surface area is 157 Å². The van der Waals surface area contributed by atoms with Crippen molar-refractivity contribution >= 4 is 23.4 Å². The predicted molar refractivity (Wildman–Crippen MR) is 103 cm³/mol. The summed E-state index contributed by atoms with van der Waals surface area (Å²) in [7, 11) is 1.63. The highest BCUT2D eigenvalue weighted by atomic mass is 32.2. The first-order valence-electron chi connectivity index (χ1n) is 8.23. The summed E-state index contributed by atoms with van der Waals surface area (Å²) in [6, 6.07) is 12.2. The lowest BCUT2D eigenvalue weighted by molar-refractivity contribution is -0.384. The lowest BCUT2D eigenvalue weighted by Crippen LogP contribution is -2.32. The van der Waals surface area contributed by atoms with Crippen LogP contribution in [0.15, 0.2) is 47.4 Å². The van der Waals surface area contributed by atoms with Crippen LogP contribution < -0.4 is 10.1 Å². The molecule has 0 saturated heterocycles. The summed E-state index contributed by atoms with van der Waals surface area (Å²) in [5.41, 5.74) is 2.25. The number of nitrogens with one attached hydrogen (secondary N) is 1. The summed E-state index contributed by atoms with van der Waals surface area (Å²) in [5, 5.41) is 13.3. The minimum absolute atomic E-state index is 0.0403. The zero-order valence-corrected chi connectivity index (χ0v) is 15.8. The monoisotopic (exact) mass is 374 g/mol. The molecule has 2 rings (SSSR count). The number of thioether (sulfide) groups is 1. The average Bonchev–Trinajstić information content (AvgIpc) is 2.62. The number of non-ortho nitro benzene ring substituents is 1. The molecule has 0 bridgehead atoms. The molecule has 0 aliphatic carbocycles. The molecule has 2 aromatic carbocycles. The van der Waals surface area contributed by atoms with E-state index in [1.54, 1.807) is 19.2 Å².